The SMILES string of the molecule is C1C[C@H]2C[C@@H](O1)O2. The highest BCUT2D eigenvalue weighted by atomic mass is 16.7. The van der Waals surface area contributed by atoms with Crippen LogP contribution in [0.4, 0.5) is 0 Å². The second kappa shape index (κ2) is 1.20. The molecular weight excluding hydrogens is 92.1 g/mol. The molecule has 3 aliphatic rings. The van der Waals surface area contributed by atoms with E-state index in [-0.39, 0.29) is 6.29 Å². The van der Waals surface area contributed by atoms with E-state index in [1.54, 1.807) is 0 Å². The van der Waals surface area contributed by atoms with E-state index in [9.17, 15) is 0 Å². The van der Waals surface area contributed by atoms with Crippen molar-refractivity contribution < 1.29 is 9.47 Å². The number of rotatable bonds is 0. The Morgan fingerprint density at radius 3 is 2.43 bits per heavy atom. The van der Waals surface area contributed by atoms with Gasteiger partial charge in [0, 0.05) is 6.42 Å². The predicted octanol–water partition coefficient (Wildman–Crippen LogP) is 0.522. The summed E-state index contributed by atoms with van der Waals surface area (Å²) in [6.07, 6.45) is 2.98. The average molecular weight is 100 g/mol. The van der Waals surface area contributed by atoms with Gasteiger partial charge >= 0.3 is 0 Å². The number of hydrogen-bond acceptors (Lipinski definition) is 2. The van der Waals surface area contributed by atoms with Crippen LogP contribution in [0.5, 0.6) is 0 Å². The largest absolute Gasteiger partial charge is 0.352 e. The zero-order valence-corrected chi connectivity index (χ0v) is 4.09. The van der Waals surface area contributed by atoms with E-state index in [4.69, 9.17) is 9.47 Å². The first-order valence-corrected chi connectivity index (χ1v) is 2.72. The van der Waals surface area contributed by atoms with E-state index in [1.165, 1.54) is 0 Å². The van der Waals surface area contributed by atoms with Crippen LogP contribution in [0.1, 0.15) is 12.8 Å². The van der Waals surface area contributed by atoms with Gasteiger partial charge in [-0.05, 0) is 6.42 Å². The Morgan fingerprint density at radius 2 is 2.29 bits per heavy atom. The molecule has 0 saturated carbocycles. The molecule has 2 heteroatoms. The van der Waals surface area contributed by atoms with Gasteiger partial charge in [-0.1, -0.05) is 0 Å². The molecule has 0 amide bonds. The first kappa shape index (κ1) is 3.87. The molecule has 3 rings (SSSR count). The molecule has 0 unspecified atom stereocenters. The van der Waals surface area contributed by atoms with Crippen LogP contribution in [0.15, 0.2) is 0 Å². The molecular formula is C5H8O2. The molecule has 0 aromatic carbocycles. The molecule has 3 fully saturated rings. The quantitative estimate of drug-likeness (QED) is 0.442. The van der Waals surface area contributed by atoms with Gasteiger partial charge in [0.1, 0.15) is 0 Å². The summed E-state index contributed by atoms with van der Waals surface area (Å²) in [6.45, 7) is 0.912. The van der Waals surface area contributed by atoms with Crippen LogP contribution in [0.2, 0.25) is 0 Å². The molecule has 0 spiro atoms. The summed E-state index contributed by atoms with van der Waals surface area (Å²) in [5.41, 5.74) is 0. The molecule has 0 aromatic heterocycles. The third-order valence-corrected chi connectivity index (χ3v) is 1.54. The summed E-state index contributed by atoms with van der Waals surface area (Å²) in [4.78, 5) is 0. The Bertz CT molecular complexity index is 62.6. The van der Waals surface area contributed by atoms with Gasteiger partial charge in [0.05, 0.1) is 12.7 Å². The van der Waals surface area contributed by atoms with Gasteiger partial charge < -0.3 is 9.47 Å². The van der Waals surface area contributed by atoms with Crippen LogP contribution in [-0.4, -0.2) is 19.0 Å². The number of fused-ring (bicyclic) bond motifs is 2. The van der Waals surface area contributed by atoms with Crippen molar-refractivity contribution in [3.8, 4) is 0 Å². The molecule has 3 saturated heterocycles. The van der Waals surface area contributed by atoms with Gasteiger partial charge in [0.2, 0.25) is 0 Å². The van der Waals surface area contributed by atoms with E-state index >= 15 is 0 Å². The lowest BCUT2D eigenvalue weighted by Crippen LogP contribution is -2.45. The smallest absolute Gasteiger partial charge is 0.160 e. The molecule has 7 heavy (non-hydrogen) atoms. The van der Waals surface area contributed by atoms with Gasteiger partial charge in [0.25, 0.3) is 0 Å². The summed E-state index contributed by atoms with van der Waals surface area (Å²) >= 11 is 0. The van der Waals surface area contributed by atoms with Crippen molar-refractivity contribution in [2.24, 2.45) is 0 Å². The zero-order valence-electron chi connectivity index (χ0n) is 4.09. The molecule has 0 radical (unpaired) electrons. The summed E-state index contributed by atoms with van der Waals surface area (Å²) in [5, 5.41) is 0. The normalized spacial score (nSPS) is 48.0. The molecule has 2 nitrogen and oxygen atoms in total. The summed E-state index contributed by atoms with van der Waals surface area (Å²) in [6, 6.07) is 0. The van der Waals surface area contributed by atoms with Gasteiger partial charge in [0.15, 0.2) is 6.29 Å². The minimum atomic E-state index is 0.179. The van der Waals surface area contributed by atoms with Crippen LogP contribution in [-0.2, 0) is 9.47 Å². The minimum absolute atomic E-state index is 0.179. The van der Waals surface area contributed by atoms with E-state index in [0.717, 1.165) is 19.4 Å². The Morgan fingerprint density at radius 1 is 1.43 bits per heavy atom. The molecule has 0 aliphatic carbocycles. The fourth-order valence-electron chi connectivity index (χ4n) is 1.04. The summed E-state index contributed by atoms with van der Waals surface area (Å²) in [7, 11) is 0. The second-order valence-electron chi connectivity index (χ2n) is 2.08. The van der Waals surface area contributed by atoms with E-state index in [0.29, 0.717) is 6.10 Å². The Labute approximate surface area is 42.4 Å². The first-order valence-electron chi connectivity index (χ1n) is 2.72. The van der Waals surface area contributed by atoms with Gasteiger partial charge in [-0.2, -0.15) is 0 Å². The lowest BCUT2D eigenvalue weighted by molar-refractivity contribution is -0.297. The maximum atomic E-state index is 5.15. The molecule has 0 N–H and O–H groups in total. The van der Waals surface area contributed by atoms with Crippen LogP contribution < -0.4 is 0 Å². The topological polar surface area (TPSA) is 18.5 Å². The fourth-order valence-corrected chi connectivity index (χ4v) is 1.04. The Balaban J connectivity index is 1.99. The lowest BCUT2D eigenvalue weighted by atomic mass is 10.1. The highest BCUT2D eigenvalue weighted by molar-refractivity contribution is 4.75. The van der Waals surface area contributed by atoms with Gasteiger partial charge in [-0.3, -0.25) is 0 Å². The van der Waals surface area contributed by atoms with Gasteiger partial charge in [-0.15, -0.1) is 0 Å². The second-order valence-corrected chi connectivity index (χ2v) is 2.08. The molecule has 3 heterocycles. The molecule has 3 aliphatic heterocycles. The van der Waals surface area contributed by atoms with E-state index < -0.39 is 0 Å². The molecule has 2 bridgehead atoms. The van der Waals surface area contributed by atoms with E-state index in [2.05, 4.69) is 0 Å². The zero-order chi connectivity index (χ0) is 4.69. The van der Waals surface area contributed by atoms with Gasteiger partial charge in [-0.25, -0.2) is 0 Å². The van der Waals surface area contributed by atoms with Crippen LogP contribution >= 0.6 is 0 Å². The summed E-state index contributed by atoms with van der Waals surface area (Å²) in [5.74, 6) is 0. The average Bonchev–Trinajstić information content (AvgIpc) is 1.67. The number of hydrogen-bond donors (Lipinski definition) is 0. The standard InChI is InChI=1S/C5H8O2/c1-2-6-5-3-4(1)7-5/h4-5H,1-3H2/t4-,5-/m0/s1. The molecule has 0 aromatic rings. The van der Waals surface area contributed by atoms with Crippen LogP contribution in [0.3, 0.4) is 0 Å². The van der Waals surface area contributed by atoms with Crippen LogP contribution in [0, 0.1) is 0 Å². The molecule has 2 atom stereocenters. The number of ether oxygens (including phenoxy) is 2. The highest BCUT2D eigenvalue weighted by Crippen LogP contribution is 2.28. The predicted molar refractivity (Wildman–Crippen MR) is 23.8 cm³/mol. The fraction of sp³-hybridized carbons (Fsp3) is 1.00. The summed E-state index contributed by atoms with van der Waals surface area (Å²) < 4.78 is 10.3. The van der Waals surface area contributed by atoms with Crippen molar-refractivity contribution in [2.75, 3.05) is 6.61 Å². The maximum Gasteiger partial charge on any atom is 0.160 e. The van der Waals surface area contributed by atoms with Crippen LogP contribution in [0.25, 0.3) is 0 Å². The lowest BCUT2D eigenvalue weighted by Gasteiger charge is -2.40. The first-order chi connectivity index (χ1) is 3.45. The molecule has 40 valence electrons. The third-order valence-electron chi connectivity index (χ3n) is 1.54. The van der Waals surface area contributed by atoms with Crippen molar-refractivity contribution in [3.63, 3.8) is 0 Å². The van der Waals surface area contributed by atoms with Crippen molar-refractivity contribution in [1.29, 1.82) is 0 Å². The highest BCUT2D eigenvalue weighted by Gasteiger charge is 2.34. The monoisotopic (exact) mass is 100 g/mol. The van der Waals surface area contributed by atoms with Crippen molar-refractivity contribution in [2.45, 2.75) is 25.2 Å². The Hall–Kier alpha value is -0.0800. The minimum Gasteiger partial charge on any atom is -0.352 e. The van der Waals surface area contributed by atoms with Crippen molar-refractivity contribution >= 4 is 0 Å². The Kier molecular flexibility index (Phi) is 0.664. The maximum absolute atomic E-state index is 5.15. The van der Waals surface area contributed by atoms with E-state index in [1.807, 2.05) is 0 Å². The third kappa shape index (κ3) is 0.469. The van der Waals surface area contributed by atoms with Crippen molar-refractivity contribution in [1.82, 2.24) is 0 Å². The van der Waals surface area contributed by atoms with Crippen molar-refractivity contribution in [3.05, 3.63) is 0 Å².